The number of imide groups is 1. The van der Waals surface area contributed by atoms with Gasteiger partial charge in [0.1, 0.15) is 5.54 Å². The van der Waals surface area contributed by atoms with Crippen molar-refractivity contribution in [3.8, 4) is 0 Å². The molecule has 0 aromatic carbocycles. The van der Waals surface area contributed by atoms with E-state index in [1.54, 1.807) is 0 Å². The first kappa shape index (κ1) is 15.9. The second kappa shape index (κ2) is 5.74. The van der Waals surface area contributed by atoms with Crippen LogP contribution < -0.4 is 10.7 Å². The van der Waals surface area contributed by atoms with E-state index in [2.05, 4.69) is 17.7 Å². The topological polar surface area (TPSA) is 78.5 Å². The highest BCUT2D eigenvalue weighted by Crippen LogP contribution is 2.50. The van der Waals surface area contributed by atoms with E-state index in [4.69, 9.17) is 0 Å². The second-order valence-corrected chi connectivity index (χ2v) is 8.41. The highest BCUT2D eigenvalue weighted by Gasteiger charge is 2.53. The largest absolute Gasteiger partial charge is 0.344 e. The van der Waals surface area contributed by atoms with Crippen LogP contribution in [-0.2, 0) is 9.59 Å². The molecule has 0 atom stereocenters. The van der Waals surface area contributed by atoms with E-state index in [0.717, 1.165) is 17.9 Å². The molecule has 0 aromatic rings. The van der Waals surface area contributed by atoms with Crippen molar-refractivity contribution < 1.29 is 14.4 Å². The summed E-state index contributed by atoms with van der Waals surface area (Å²) in [5.41, 5.74) is 1.80. The van der Waals surface area contributed by atoms with E-state index in [1.807, 2.05) is 0 Å². The lowest BCUT2D eigenvalue weighted by atomic mass is 9.77. The van der Waals surface area contributed by atoms with Crippen molar-refractivity contribution in [1.82, 2.24) is 15.8 Å². The van der Waals surface area contributed by atoms with Gasteiger partial charge in [-0.1, -0.05) is 6.92 Å². The molecule has 2 N–H and O–H groups in total. The summed E-state index contributed by atoms with van der Waals surface area (Å²) >= 11 is 0. The summed E-state index contributed by atoms with van der Waals surface area (Å²) < 4.78 is 0. The third kappa shape index (κ3) is 2.91. The van der Waals surface area contributed by atoms with Crippen molar-refractivity contribution in [2.45, 2.75) is 70.3 Å². The number of amides is 4. The summed E-state index contributed by atoms with van der Waals surface area (Å²) in [5, 5.41) is 3.78. The molecule has 24 heavy (non-hydrogen) atoms. The Balaban J connectivity index is 1.38. The fraction of sp³-hybridized carbons (Fsp3) is 0.833. The van der Waals surface area contributed by atoms with Crippen molar-refractivity contribution in [3.05, 3.63) is 0 Å². The highest BCUT2D eigenvalue weighted by atomic mass is 16.2. The smallest absolute Gasteiger partial charge is 0.322 e. The average Bonchev–Trinajstić information content (AvgIpc) is 3.45. The molecular weight excluding hydrogens is 306 g/mol. The van der Waals surface area contributed by atoms with Gasteiger partial charge in [0.15, 0.2) is 0 Å². The van der Waals surface area contributed by atoms with Crippen molar-refractivity contribution in [3.63, 3.8) is 0 Å². The lowest BCUT2D eigenvalue weighted by molar-refractivity contribution is -0.140. The van der Waals surface area contributed by atoms with Gasteiger partial charge in [-0.15, -0.1) is 0 Å². The zero-order chi connectivity index (χ0) is 16.9. The van der Waals surface area contributed by atoms with Crippen LogP contribution in [-0.4, -0.2) is 28.4 Å². The standard InChI is InChI=1S/C18H27N3O3/c1-11-6-8-18(9-7-11)16(23)21(17(24)19-18)20-15(22)10-14(12-2-3-12)13-4-5-13/h11-14H,2-10H2,1H3,(H,19,24)(H,20,22). The van der Waals surface area contributed by atoms with Gasteiger partial charge in [0.05, 0.1) is 0 Å². The van der Waals surface area contributed by atoms with Crippen molar-refractivity contribution >= 4 is 17.8 Å². The van der Waals surface area contributed by atoms with Gasteiger partial charge in [0.2, 0.25) is 5.91 Å². The van der Waals surface area contributed by atoms with Crippen molar-refractivity contribution in [2.24, 2.45) is 23.7 Å². The Bertz CT molecular complexity index is 548. The summed E-state index contributed by atoms with van der Waals surface area (Å²) in [5.74, 6) is 1.91. The van der Waals surface area contributed by atoms with Gasteiger partial charge in [-0.2, -0.15) is 5.01 Å². The maximum absolute atomic E-state index is 12.7. The van der Waals surface area contributed by atoms with Crippen LogP contribution in [0.3, 0.4) is 0 Å². The van der Waals surface area contributed by atoms with Gasteiger partial charge in [0.25, 0.3) is 5.91 Å². The number of carbonyl (C=O) groups is 3. The molecule has 4 amide bonds. The maximum Gasteiger partial charge on any atom is 0.344 e. The monoisotopic (exact) mass is 333 g/mol. The average molecular weight is 333 g/mol. The normalized spacial score (nSPS) is 33.2. The molecule has 0 unspecified atom stereocenters. The molecule has 1 heterocycles. The van der Waals surface area contributed by atoms with E-state index in [9.17, 15) is 14.4 Å². The molecular formula is C18H27N3O3. The zero-order valence-corrected chi connectivity index (χ0v) is 14.3. The zero-order valence-electron chi connectivity index (χ0n) is 14.3. The van der Waals surface area contributed by atoms with Gasteiger partial charge in [-0.25, -0.2) is 4.79 Å². The van der Waals surface area contributed by atoms with E-state index in [0.29, 0.717) is 42.9 Å². The molecule has 0 radical (unpaired) electrons. The fourth-order valence-corrected chi connectivity index (χ4v) is 4.47. The number of rotatable bonds is 5. The molecule has 3 aliphatic carbocycles. The van der Waals surface area contributed by atoms with Gasteiger partial charge < -0.3 is 5.32 Å². The van der Waals surface area contributed by atoms with Crippen LogP contribution in [0.1, 0.15) is 64.7 Å². The molecule has 0 bridgehead atoms. The summed E-state index contributed by atoms with van der Waals surface area (Å²) in [7, 11) is 0. The SMILES string of the molecule is CC1CCC2(CC1)NC(=O)N(NC(=O)CC(C1CC1)C1CC1)C2=O. The van der Waals surface area contributed by atoms with Gasteiger partial charge in [0, 0.05) is 6.42 Å². The van der Waals surface area contributed by atoms with Gasteiger partial charge >= 0.3 is 6.03 Å². The first-order chi connectivity index (χ1) is 11.5. The second-order valence-electron chi connectivity index (χ2n) is 8.41. The van der Waals surface area contributed by atoms with Crippen LogP contribution in [0.2, 0.25) is 0 Å². The molecule has 0 aromatic heterocycles. The Labute approximate surface area is 142 Å². The minimum atomic E-state index is -0.788. The summed E-state index contributed by atoms with van der Waals surface area (Å²) in [4.78, 5) is 37.4. The Hall–Kier alpha value is -1.59. The van der Waals surface area contributed by atoms with E-state index < -0.39 is 11.6 Å². The minimum absolute atomic E-state index is 0.191. The quantitative estimate of drug-likeness (QED) is 0.758. The molecule has 1 spiro atoms. The molecule has 4 fully saturated rings. The number of carbonyl (C=O) groups excluding carboxylic acids is 3. The van der Waals surface area contributed by atoms with E-state index in [-0.39, 0.29) is 11.8 Å². The lowest BCUT2D eigenvalue weighted by Gasteiger charge is -2.33. The van der Waals surface area contributed by atoms with Gasteiger partial charge in [-0.3, -0.25) is 15.0 Å². The third-order valence-corrected chi connectivity index (χ3v) is 6.40. The van der Waals surface area contributed by atoms with Crippen LogP contribution in [0.4, 0.5) is 4.79 Å². The first-order valence-electron chi connectivity index (χ1n) is 9.45. The first-order valence-corrected chi connectivity index (χ1v) is 9.45. The molecule has 132 valence electrons. The Kier molecular flexibility index (Phi) is 3.81. The van der Waals surface area contributed by atoms with Crippen LogP contribution in [0.25, 0.3) is 0 Å². The number of urea groups is 1. The predicted molar refractivity (Wildman–Crippen MR) is 87.4 cm³/mol. The van der Waals surface area contributed by atoms with Crippen LogP contribution >= 0.6 is 0 Å². The molecule has 4 aliphatic rings. The number of hydrogen-bond acceptors (Lipinski definition) is 3. The van der Waals surface area contributed by atoms with E-state index >= 15 is 0 Å². The number of hydrogen-bond donors (Lipinski definition) is 2. The van der Waals surface area contributed by atoms with Crippen LogP contribution in [0.5, 0.6) is 0 Å². The molecule has 1 saturated heterocycles. The molecule has 1 aliphatic heterocycles. The maximum atomic E-state index is 12.7. The minimum Gasteiger partial charge on any atom is -0.322 e. The Morgan fingerprint density at radius 2 is 1.75 bits per heavy atom. The summed E-state index contributed by atoms with van der Waals surface area (Å²) in [6.07, 6.45) is 8.51. The number of nitrogens with zero attached hydrogens (tertiary/aromatic N) is 1. The summed E-state index contributed by atoms with van der Waals surface area (Å²) in [6, 6.07) is -0.475. The molecule has 4 rings (SSSR count). The Morgan fingerprint density at radius 1 is 1.17 bits per heavy atom. The summed E-state index contributed by atoms with van der Waals surface area (Å²) in [6.45, 7) is 2.17. The van der Waals surface area contributed by atoms with Crippen molar-refractivity contribution in [1.29, 1.82) is 0 Å². The third-order valence-electron chi connectivity index (χ3n) is 6.40. The van der Waals surface area contributed by atoms with Crippen LogP contribution in [0, 0.1) is 23.7 Å². The van der Waals surface area contributed by atoms with Crippen molar-refractivity contribution in [2.75, 3.05) is 0 Å². The van der Waals surface area contributed by atoms with E-state index in [1.165, 1.54) is 25.7 Å². The number of hydrazine groups is 1. The molecule has 6 heteroatoms. The lowest BCUT2D eigenvalue weighted by Crippen LogP contribution is -2.51. The predicted octanol–water partition coefficient (Wildman–Crippen LogP) is 2.34. The van der Waals surface area contributed by atoms with Gasteiger partial charge in [-0.05, 0) is 75.0 Å². The fourth-order valence-electron chi connectivity index (χ4n) is 4.47. The highest BCUT2D eigenvalue weighted by molar-refractivity contribution is 6.08. The Morgan fingerprint density at radius 3 is 2.29 bits per heavy atom. The molecule has 3 saturated carbocycles. The number of nitrogens with one attached hydrogen (secondary N) is 2. The molecule has 6 nitrogen and oxygen atoms in total. The van der Waals surface area contributed by atoms with Crippen LogP contribution in [0.15, 0.2) is 0 Å².